The number of nitrogens with one attached hydrogen (secondary N) is 1. The molecule has 148 valence electrons. The molecular formula is C22H19ClFN3O2. The average Bonchev–Trinajstić information content (AvgIpc) is 2.96. The molecule has 29 heavy (non-hydrogen) atoms. The number of fused-ring (bicyclic) bond motifs is 1. The third-order valence-electron chi connectivity index (χ3n) is 5.33. The first-order chi connectivity index (χ1) is 13.8. The predicted octanol–water partition coefficient (Wildman–Crippen LogP) is 3.58. The molecule has 1 aliphatic carbocycles. The normalized spacial score (nSPS) is 18.4. The van der Waals surface area contributed by atoms with Crippen molar-refractivity contribution < 1.29 is 14.0 Å². The van der Waals surface area contributed by atoms with E-state index in [1.165, 1.54) is 12.1 Å². The lowest BCUT2D eigenvalue weighted by molar-refractivity contribution is -0.121. The average molecular weight is 412 g/mol. The summed E-state index contributed by atoms with van der Waals surface area (Å²) in [7, 11) is 1.79. The highest BCUT2D eigenvalue weighted by atomic mass is 35.5. The summed E-state index contributed by atoms with van der Waals surface area (Å²) >= 11 is 5.89. The molecular weight excluding hydrogens is 393 g/mol. The van der Waals surface area contributed by atoms with Crippen LogP contribution in [0.2, 0.25) is 5.02 Å². The number of amides is 1. The van der Waals surface area contributed by atoms with Gasteiger partial charge in [-0.25, -0.2) is 4.39 Å². The van der Waals surface area contributed by atoms with Crippen LogP contribution in [0.4, 0.5) is 4.39 Å². The van der Waals surface area contributed by atoms with Crippen LogP contribution in [0.1, 0.15) is 38.8 Å². The van der Waals surface area contributed by atoms with Gasteiger partial charge in [0.1, 0.15) is 5.82 Å². The van der Waals surface area contributed by atoms with Crippen molar-refractivity contribution in [3.8, 4) is 0 Å². The van der Waals surface area contributed by atoms with Gasteiger partial charge < -0.3 is 5.32 Å². The van der Waals surface area contributed by atoms with Crippen molar-refractivity contribution in [3.05, 3.63) is 87.4 Å². The highest BCUT2D eigenvalue weighted by Gasteiger charge is 2.41. The Morgan fingerprint density at radius 1 is 1.24 bits per heavy atom. The Hall–Kier alpha value is -2.99. The number of hydrogen-bond donors (Lipinski definition) is 1. The monoisotopic (exact) mass is 411 g/mol. The fourth-order valence-corrected chi connectivity index (χ4v) is 4.14. The van der Waals surface area contributed by atoms with Crippen molar-refractivity contribution >= 4 is 23.3 Å². The first kappa shape index (κ1) is 19.3. The molecule has 2 atom stereocenters. The van der Waals surface area contributed by atoms with Crippen molar-refractivity contribution in [1.82, 2.24) is 15.1 Å². The molecule has 1 heterocycles. The zero-order valence-electron chi connectivity index (χ0n) is 15.9. The highest BCUT2D eigenvalue weighted by Crippen LogP contribution is 2.37. The van der Waals surface area contributed by atoms with Gasteiger partial charge in [0.25, 0.3) is 5.91 Å². The van der Waals surface area contributed by atoms with E-state index in [2.05, 4.69) is 10.4 Å². The zero-order chi connectivity index (χ0) is 20.7. The molecule has 3 aromatic rings. The van der Waals surface area contributed by atoms with E-state index < -0.39 is 17.8 Å². The maximum absolute atomic E-state index is 14.0. The smallest absolute Gasteiger partial charge is 0.251 e. The molecule has 0 fully saturated rings. The molecule has 0 aliphatic heterocycles. The molecule has 0 saturated heterocycles. The van der Waals surface area contributed by atoms with Crippen LogP contribution in [0.5, 0.6) is 0 Å². The molecule has 1 N–H and O–H groups in total. The molecule has 0 unspecified atom stereocenters. The van der Waals surface area contributed by atoms with Gasteiger partial charge in [-0.2, -0.15) is 5.10 Å². The SMILES string of the molecule is Cc1nn(C)c2c1[C@@H](c1cccc(F)c1)[C@H](NC(=O)c1ccc(Cl)cc1)C(=O)C2. The second-order valence-corrected chi connectivity index (χ2v) is 7.64. The largest absolute Gasteiger partial charge is 0.341 e. The molecule has 1 amide bonds. The summed E-state index contributed by atoms with van der Waals surface area (Å²) in [6, 6.07) is 11.7. The Morgan fingerprint density at radius 2 is 1.97 bits per heavy atom. The third-order valence-corrected chi connectivity index (χ3v) is 5.58. The summed E-state index contributed by atoms with van der Waals surface area (Å²) in [5.74, 6) is -1.44. The zero-order valence-corrected chi connectivity index (χ0v) is 16.7. The van der Waals surface area contributed by atoms with Gasteiger partial charge in [-0.1, -0.05) is 23.7 Å². The number of rotatable bonds is 3. The van der Waals surface area contributed by atoms with E-state index in [1.807, 2.05) is 6.92 Å². The number of carbonyl (C=O) groups excluding carboxylic acids is 2. The number of nitrogens with zero attached hydrogens (tertiary/aromatic N) is 2. The number of hydrogen-bond acceptors (Lipinski definition) is 3. The molecule has 2 aromatic carbocycles. The van der Waals surface area contributed by atoms with E-state index in [0.29, 0.717) is 16.1 Å². The molecule has 0 radical (unpaired) electrons. The summed E-state index contributed by atoms with van der Waals surface area (Å²) in [4.78, 5) is 25.9. The van der Waals surface area contributed by atoms with Crippen LogP contribution >= 0.6 is 11.6 Å². The van der Waals surface area contributed by atoms with E-state index in [-0.39, 0.29) is 18.1 Å². The number of carbonyl (C=O) groups is 2. The van der Waals surface area contributed by atoms with Gasteiger partial charge in [0.15, 0.2) is 5.78 Å². The molecule has 1 aromatic heterocycles. The van der Waals surface area contributed by atoms with E-state index in [1.54, 1.807) is 48.1 Å². The van der Waals surface area contributed by atoms with Crippen molar-refractivity contribution in [3.63, 3.8) is 0 Å². The number of Topliss-reactive ketones (excluding diaryl/α,β-unsaturated/α-hetero) is 1. The van der Waals surface area contributed by atoms with Crippen molar-refractivity contribution in [1.29, 1.82) is 0 Å². The van der Waals surface area contributed by atoms with E-state index in [9.17, 15) is 14.0 Å². The van der Waals surface area contributed by atoms with Crippen LogP contribution in [0, 0.1) is 12.7 Å². The minimum absolute atomic E-state index is 0.142. The minimum atomic E-state index is -0.824. The van der Waals surface area contributed by atoms with Gasteiger partial charge in [0.05, 0.1) is 18.2 Å². The van der Waals surface area contributed by atoms with Crippen LogP contribution in [0.3, 0.4) is 0 Å². The Kier molecular flexibility index (Phi) is 4.96. The second-order valence-electron chi connectivity index (χ2n) is 7.20. The van der Waals surface area contributed by atoms with Gasteiger partial charge in [-0.15, -0.1) is 0 Å². The minimum Gasteiger partial charge on any atom is -0.341 e. The van der Waals surface area contributed by atoms with Crippen LogP contribution in [-0.2, 0) is 18.3 Å². The Morgan fingerprint density at radius 3 is 2.66 bits per heavy atom. The van der Waals surface area contributed by atoms with Gasteiger partial charge in [-0.3, -0.25) is 14.3 Å². The first-order valence-corrected chi connectivity index (χ1v) is 9.60. The number of aryl methyl sites for hydroxylation is 2. The van der Waals surface area contributed by atoms with Crippen LogP contribution in [0.15, 0.2) is 48.5 Å². The van der Waals surface area contributed by atoms with Crippen LogP contribution in [0.25, 0.3) is 0 Å². The van der Waals surface area contributed by atoms with Gasteiger partial charge in [0, 0.05) is 34.8 Å². The van der Waals surface area contributed by atoms with Gasteiger partial charge >= 0.3 is 0 Å². The number of halogens is 2. The topological polar surface area (TPSA) is 64.0 Å². The van der Waals surface area contributed by atoms with Crippen molar-refractivity contribution in [2.75, 3.05) is 0 Å². The quantitative estimate of drug-likeness (QED) is 0.716. The molecule has 5 nitrogen and oxygen atoms in total. The van der Waals surface area contributed by atoms with Crippen LogP contribution < -0.4 is 5.32 Å². The second kappa shape index (κ2) is 7.44. The maximum Gasteiger partial charge on any atom is 0.251 e. The summed E-state index contributed by atoms with van der Waals surface area (Å²) < 4.78 is 15.7. The molecule has 0 bridgehead atoms. The fraction of sp³-hybridized carbons (Fsp3) is 0.227. The lowest BCUT2D eigenvalue weighted by Gasteiger charge is -2.32. The first-order valence-electron chi connectivity index (χ1n) is 9.22. The highest BCUT2D eigenvalue weighted by molar-refractivity contribution is 6.30. The van der Waals surface area contributed by atoms with E-state index in [4.69, 9.17) is 11.6 Å². The van der Waals surface area contributed by atoms with Crippen molar-refractivity contribution in [2.45, 2.75) is 25.3 Å². The Bertz CT molecular complexity index is 1110. The van der Waals surface area contributed by atoms with Gasteiger partial charge in [-0.05, 0) is 48.9 Å². The van der Waals surface area contributed by atoms with Crippen LogP contribution in [-0.4, -0.2) is 27.5 Å². The van der Waals surface area contributed by atoms with E-state index >= 15 is 0 Å². The molecule has 1 aliphatic rings. The molecule has 4 rings (SSSR count). The number of aromatic nitrogens is 2. The summed E-state index contributed by atoms with van der Waals surface area (Å²) in [5, 5.41) is 7.83. The Labute approximate surface area is 172 Å². The summed E-state index contributed by atoms with van der Waals surface area (Å²) in [6.07, 6.45) is 0.157. The van der Waals surface area contributed by atoms with Crippen molar-refractivity contribution in [2.24, 2.45) is 7.05 Å². The third kappa shape index (κ3) is 3.56. The van der Waals surface area contributed by atoms with Gasteiger partial charge in [0.2, 0.25) is 0 Å². The molecule has 7 heteroatoms. The fourth-order valence-electron chi connectivity index (χ4n) is 4.01. The standard InChI is InChI=1S/C22H19ClFN3O2/c1-12-19-17(27(2)26-12)11-18(28)21(20(19)14-4-3-5-16(24)10-14)25-22(29)13-6-8-15(23)9-7-13/h3-10,20-21H,11H2,1-2H3,(H,25,29)/t20-,21-/m1/s1. The molecule has 0 saturated carbocycles. The predicted molar refractivity (Wildman–Crippen MR) is 108 cm³/mol. The molecule has 0 spiro atoms. The number of ketones is 1. The summed E-state index contributed by atoms with van der Waals surface area (Å²) in [5.41, 5.74) is 3.43. The van der Waals surface area contributed by atoms with E-state index in [0.717, 1.165) is 17.0 Å². The summed E-state index contributed by atoms with van der Waals surface area (Å²) in [6.45, 7) is 1.86. The number of benzene rings is 2. The Balaban J connectivity index is 1.78. The lowest BCUT2D eigenvalue weighted by Crippen LogP contribution is -2.48. The maximum atomic E-state index is 14.0. The lowest BCUT2D eigenvalue weighted by atomic mass is 9.76.